The Hall–Kier alpha value is -2.18. The third-order valence-corrected chi connectivity index (χ3v) is 4.57. The average molecular weight is 343 g/mol. The molecule has 6 heteroatoms. The SMILES string of the molecule is COc1ccc(CCNC(=S)Nc2nc3ccccc3s2)cc1. The molecule has 3 aromatic rings. The standard InChI is InChI=1S/C17H17N3OS2/c1-21-13-8-6-12(7-9-13)10-11-18-16(22)20-17-19-14-4-2-3-5-15(14)23-17/h2-9H,10-11H2,1H3,(H2,18,19,20,22). The molecule has 0 atom stereocenters. The summed E-state index contributed by atoms with van der Waals surface area (Å²) in [4.78, 5) is 4.50. The van der Waals surface area contributed by atoms with E-state index in [0.717, 1.165) is 34.1 Å². The second kappa shape index (κ2) is 7.39. The quantitative estimate of drug-likeness (QED) is 0.689. The van der Waals surface area contributed by atoms with E-state index in [1.165, 1.54) is 5.56 Å². The molecule has 0 spiro atoms. The van der Waals surface area contributed by atoms with Gasteiger partial charge >= 0.3 is 0 Å². The molecule has 0 saturated carbocycles. The smallest absolute Gasteiger partial charge is 0.190 e. The predicted octanol–water partition coefficient (Wildman–Crippen LogP) is 3.83. The topological polar surface area (TPSA) is 46.2 Å². The number of ether oxygens (including phenoxy) is 1. The highest BCUT2D eigenvalue weighted by Crippen LogP contribution is 2.25. The zero-order valence-corrected chi connectivity index (χ0v) is 14.3. The molecular formula is C17H17N3OS2. The highest BCUT2D eigenvalue weighted by atomic mass is 32.1. The van der Waals surface area contributed by atoms with E-state index in [1.807, 2.05) is 30.3 Å². The Balaban J connectivity index is 1.49. The van der Waals surface area contributed by atoms with Gasteiger partial charge in [0.15, 0.2) is 10.2 Å². The van der Waals surface area contributed by atoms with Gasteiger partial charge in [0.05, 0.1) is 17.3 Å². The van der Waals surface area contributed by atoms with E-state index >= 15 is 0 Å². The van der Waals surface area contributed by atoms with Crippen LogP contribution in [0.1, 0.15) is 5.56 Å². The van der Waals surface area contributed by atoms with Crippen molar-refractivity contribution in [2.45, 2.75) is 6.42 Å². The van der Waals surface area contributed by atoms with Crippen LogP contribution in [0, 0.1) is 0 Å². The average Bonchev–Trinajstić information content (AvgIpc) is 2.97. The maximum Gasteiger partial charge on any atom is 0.190 e. The van der Waals surface area contributed by atoms with Crippen molar-refractivity contribution in [3.63, 3.8) is 0 Å². The molecule has 0 aliphatic heterocycles. The Morgan fingerprint density at radius 2 is 1.96 bits per heavy atom. The van der Waals surface area contributed by atoms with Gasteiger partial charge in [0.1, 0.15) is 5.75 Å². The number of hydrogen-bond acceptors (Lipinski definition) is 4. The maximum atomic E-state index is 5.32. The minimum Gasteiger partial charge on any atom is -0.497 e. The first kappa shape index (κ1) is 15.7. The number of hydrogen-bond donors (Lipinski definition) is 2. The van der Waals surface area contributed by atoms with Crippen molar-refractivity contribution in [3.8, 4) is 5.75 Å². The van der Waals surface area contributed by atoms with Gasteiger partial charge in [-0.25, -0.2) is 4.98 Å². The van der Waals surface area contributed by atoms with Crippen LogP contribution >= 0.6 is 23.6 Å². The molecule has 2 N–H and O–H groups in total. The highest BCUT2D eigenvalue weighted by Gasteiger charge is 2.04. The van der Waals surface area contributed by atoms with Gasteiger partial charge in [-0.2, -0.15) is 0 Å². The number of anilines is 1. The van der Waals surface area contributed by atoms with Crippen LogP contribution in [-0.2, 0) is 6.42 Å². The zero-order valence-electron chi connectivity index (χ0n) is 12.7. The molecule has 1 heterocycles. The van der Waals surface area contributed by atoms with Gasteiger partial charge in [-0.1, -0.05) is 35.6 Å². The number of aromatic nitrogens is 1. The summed E-state index contributed by atoms with van der Waals surface area (Å²) in [6.45, 7) is 0.767. The summed E-state index contributed by atoms with van der Waals surface area (Å²) in [6.07, 6.45) is 0.895. The molecule has 1 aromatic heterocycles. The lowest BCUT2D eigenvalue weighted by molar-refractivity contribution is 0.414. The Kier molecular flexibility index (Phi) is 5.05. The van der Waals surface area contributed by atoms with Crippen LogP contribution in [0.15, 0.2) is 48.5 Å². The van der Waals surface area contributed by atoms with E-state index in [-0.39, 0.29) is 0 Å². The number of benzene rings is 2. The first-order valence-corrected chi connectivity index (χ1v) is 8.50. The second-order valence-corrected chi connectivity index (χ2v) is 6.40. The van der Waals surface area contributed by atoms with Gasteiger partial charge in [0.25, 0.3) is 0 Å². The van der Waals surface area contributed by atoms with Crippen LogP contribution in [0.4, 0.5) is 5.13 Å². The monoisotopic (exact) mass is 343 g/mol. The molecule has 0 aliphatic rings. The van der Waals surface area contributed by atoms with Crippen molar-refractivity contribution in [1.82, 2.24) is 10.3 Å². The third-order valence-electron chi connectivity index (χ3n) is 3.37. The fraction of sp³-hybridized carbons (Fsp3) is 0.176. The number of methoxy groups -OCH3 is 1. The number of thiazole rings is 1. The Bertz CT molecular complexity index is 766. The van der Waals surface area contributed by atoms with Gasteiger partial charge < -0.3 is 15.4 Å². The summed E-state index contributed by atoms with van der Waals surface area (Å²) in [7, 11) is 1.67. The van der Waals surface area contributed by atoms with E-state index < -0.39 is 0 Å². The lowest BCUT2D eigenvalue weighted by Gasteiger charge is -2.08. The summed E-state index contributed by atoms with van der Waals surface area (Å²) >= 11 is 6.92. The number of nitrogens with zero attached hydrogens (tertiary/aromatic N) is 1. The fourth-order valence-corrected chi connectivity index (χ4v) is 3.31. The van der Waals surface area contributed by atoms with Crippen LogP contribution in [0.3, 0.4) is 0 Å². The molecule has 3 rings (SSSR count). The minimum absolute atomic E-state index is 0.595. The Morgan fingerprint density at radius 1 is 1.17 bits per heavy atom. The van der Waals surface area contributed by atoms with Crippen LogP contribution < -0.4 is 15.4 Å². The van der Waals surface area contributed by atoms with Gasteiger partial charge in [0, 0.05) is 6.54 Å². The molecular weight excluding hydrogens is 326 g/mol. The van der Waals surface area contributed by atoms with Crippen molar-refractivity contribution in [1.29, 1.82) is 0 Å². The lowest BCUT2D eigenvalue weighted by Crippen LogP contribution is -2.30. The molecule has 2 aromatic carbocycles. The molecule has 0 saturated heterocycles. The van der Waals surface area contributed by atoms with Gasteiger partial charge in [-0.15, -0.1) is 0 Å². The molecule has 0 fully saturated rings. The number of rotatable bonds is 5. The second-order valence-electron chi connectivity index (χ2n) is 4.97. The molecule has 0 radical (unpaired) electrons. The summed E-state index contributed by atoms with van der Waals surface area (Å²) in [6, 6.07) is 16.1. The molecule has 0 bridgehead atoms. The van der Waals surface area contributed by atoms with E-state index in [1.54, 1.807) is 18.4 Å². The molecule has 0 unspecified atom stereocenters. The number of thiocarbonyl (C=S) groups is 1. The minimum atomic E-state index is 0.595. The summed E-state index contributed by atoms with van der Waals surface area (Å²) < 4.78 is 6.30. The maximum absolute atomic E-state index is 5.32. The van der Waals surface area contributed by atoms with Gasteiger partial charge in [-0.05, 0) is 48.5 Å². The van der Waals surface area contributed by atoms with E-state index in [9.17, 15) is 0 Å². The van der Waals surface area contributed by atoms with Crippen LogP contribution in [0.25, 0.3) is 10.2 Å². The zero-order chi connectivity index (χ0) is 16.1. The largest absolute Gasteiger partial charge is 0.497 e. The van der Waals surface area contributed by atoms with Gasteiger partial charge in [-0.3, -0.25) is 0 Å². The number of nitrogens with one attached hydrogen (secondary N) is 2. The Morgan fingerprint density at radius 3 is 2.70 bits per heavy atom. The third kappa shape index (κ3) is 4.18. The molecule has 0 amide bonds. The van der Waals surface area contributed by atoms with Crippen molar-refractivity contribution < 1.29 is 4.74 Å². The predicted molar refractivity (Wildman–Crippen MR) is 101 cm³/mol. The van der Waals surface area contributed by atoms with Crippen molar-refractivity contribution in [3.05, 3.63) is 54.1 Å². The van der Waals surface area contributed by atoms with E-state index in [2.05, 4.69) is 33.8 Å². The lowest BCUT2D eigenvalue weighted by atomic mass is 10.1. The van der Waals surface area contributed by atoms with Crippen molar-refractivity contribution in [2.24, 2.45) is 0 Å². The normalized spacial score (nSPS) is 10.5. The highest BCUT2D eigenvalue weighted by molar-refractivity contribution is 7.80. The van der Waals surface area contributed by atoms with E-state index in [0.29, 0.717) is 5.11 Å². The number of fused-ring (bicyclic) bond motifs is 1. The van der Waals surface area contributed by atoms with Crippen molar-refractivity contribution >= 4 is 44.0 Å². The van der Waals surface area contributed by atoms with Crippen LogP contribution in [0.2, 0.25) is 0 Å². The Labute approximate surface area is 144 Å². The van der Waals surface area contributed by atoms with Crippen LogP contribution in [-0.4, -0.2) is 23.8 Å². The summed E-state index contributed by atoms with van der Waals surface area (Å²) in [5.41, 5.74) is 2.22. The summed E-state index contributed by atoms with van der Waals surface area (Å²) in [5.74, 6) is 0.870. The van der Waals surface area contributed by atoms with Crippen molar-refractivity contribution in [2.75, 3.05) is 19.0 Å². The van der Waals surface area contributed by atoms with Gasteiger partial charge in [0.2, 0.25) is 0 Å². The molecule has 0 aliphatic carbocycles. The molecule has 4 nitrogen and oxygen atoms in total. The molecule has 23 heavy (non-hydrogen) atoms. The van der Waals surface area contributed by atoms with E-state index in [4.69, 9.17) is 17.0 Å². The number of para-hydroxylation sites is 1. The first-order valence-electron chi connectivity index (χ1n) is 7.28. The molecule has 118 valence electrons. The fourth-order valence-electron chi connectivity index (χ4n) is 2.18. The van der Waals surface area contributed by atoms with Crippen LogP contribution in [0.5, 0.6) is 5.75 Å². The first-order chi connectivity index (χ1) is 11.2. The summed E-state index contributed by atoms with van der Waals surface area (Å²) in [5, 5.41) is 7.76.